The van der Waals surface area contributed by atoms with E-state index in [1.165, 1.54) is 6.92 Å². The zero-order chi connectivity index (χ0) is 14.6. The lowest BCUT2D eigenvalue weighted by atomic mass is 10.1. The van der Waals surface area contributed by atoms with Gasteiger partial charge in [0.15, 0.2) is 0 Å². The molecule has 1 atom stereocenters. The molecule has 0 saturated carbocycles. The standard InChI is InChI=1S/C12H13F4NO2/c1-3-19-11(18)7(2)17-8-4-5-10(13)9(6-8)12(14,15)16/h4-7,17H,3H2,1-2H3. The quantitative estimate of drug-likeness (QED) is 0.679. The molecule has 0 aromatic heterocycles. The van der Waals surface area contributed by atoms with Gasteiger partial charge in [0, 0.05) is 5.69 Å². The number of alkyl halides is 3. The molecule has 0 radical (unpaired) electrons. The van der Waals surface area contributed by atoms with Crippen molar-refractivity contribution in [2.75, 3.05) is 11.9 Å². The highest BCUT2D eigenvalue weighted by Gasteiger charge is 2.34. The van der Waals surface area contributed by atoms with Crippen LogP contribution in [0.5, 0.6) is 0 Å². The Hall–Kier alpha value is -1.79. The van der Waals surface area contributed by atoms with Crippen LogP contribution in [0, 0.1) is 5.82 Å². The van der Waals surface area contributed by atoms with Crippen molar-refractivity contribution in [3.05, 3.63) is 29.6 Å². The molecule has 0 amide bonds. The van der Waals surface area contributed by atoms with Gasteiger partial charge in [-0.05, 0) is 32.0 Å². The minimum atomic E-state index is -4.78. The SMILES string of the molecule is CCOC(=O)C(C)Nc1ccc(F)c(C(F)(F)F)c1. The summed E-state index contributed by atoms with van der Waals surface area (Å²) in [5, 5.41) is 2.52. The summed E-state index contributed by atoms with van der Waals surface area (Å²) < 4.78 is 55.2. The molecule has 0 fully saturated rings. The summed E-state index contributed by atoms with van der Waals surface area (Å²) >= 11 is 0. The van der Waals surface area contributed by atoms with Crippen LogP contribution >= 0.6 is 0 Å². The summed E-state index contributed by atoms with van der Waals surface area (Å²) in [6.07, 6.45) is -4.78. The number of nitrogens with one attached hydrogen (secondary N) is 1. The van der Waals surface area contributed by atoms with Gasteiger partial charge in [0.05, 0.1) is 12.2 Å². The van der Waals surface area contributed by atoms with Crippen molar-refractivity contribution < 1.29 is 27.1 Å². The predicted octanol–water partition coefficient (Wildman–Crippen LogP) is 3.21. The summed E-state index contributed by atoms with van der Waals surface area (Å²) in [4.78, 5) is 11.3. The molecule has 1 N–H and O–H groups in total. The lowest BCUT2D eigenvalue weighted by Gasteiger charge is -2.15. The molecule has 1 aromatic rings. The maximum atomic E-state index is 13.0. The zero-order valence-corrected chi connectivity index (χ0v) is 10.3. The fraction of sp³-hybridized carbons (Fsp3) is 0.417. The Kier molecular flexibility index (Phi) is 4.74. The molecule has 0 aliphatic rings. The van der Waals surface area contributed by atoms with Crippen LogP contribution < -0.4 is 5.32 Å². The van der Waals surface area contributed by atoms with Gasteiger partial charge in [0.25, 0.3) is 0 Å². The van der Waals surface area contributed by atoms with Crippen LogP contribution in [-0.2, 0) is 15.7 Å². The Morgan fingerprint density at radius 2 is 2.05 bits per heavy atom. The summed E-state index contributed by atoms with van der Waals surface area (Å²) in [5.74, 6) is -1.96. The minimum absolute atomic E-state index is 0.00530. The number of hydrogen-bond acceptors (Lipinski definition) is 3. The second-order valence-electron chi connectivity index (χ2n) is 3.81. The second-order valence-corrected chi connectivity index (χ2v) is 3.81. The van der Waals surface area contributed by atoms with Crippen molar-refractivity contribution >= 4 is 11.7 Å². The maximum absolute atomic E-state index is 13.0. The normalized spacial score (nSPS) is 12.9. The number of ether oxygens (including phenoxy) is 1. The van der Waals surface area contributed by atoms with E-state index in [2.05, 4.69) is 5.32 Å². The van der Waals surface area contributed by atoms with Gasteiger partial charge in [0.2, 0.25) is 0 Å². The summed E-state index contributed by atoms with van der Waals surface area (Å²) in [7, 11) is 0. The van der Waals surface area contributed by atoms with Crippen LogP contribution in [0.25, 0.3) is 0 Å². The summed E-state index contributed by atoms with van der Waals surface area (Å²) in [5.41, 5.74) is -1.39. The van der Waals surface area contributed by atoms with Gasteiger partial charge >= 0.3 is 12.1 Å². The Morgan fingerprint density at radius 3 is 2.58 bits per heavy atom. The predicted molar refractivity (Wildman–Crippen MR) is 61.1 cm³/mol. The molecule has 3 nitrogen and oxygen atoms in total. The third kappa shape index (κ3) is 4.11. The highest BCUT2D eigenvalue weighted by molar-refractivity contribution is 5.78. The maximum Gasteiger partial charge on any atom is 0.419 e. The third-order valence-corrected chi connectivity index (χ3v) is 2.30. The molecule has 0 heterocycles. The Balaban J connectivity index is 2.89. The van der Waals surface area contributed by atoms with E-state index in [4.69, 9.17) is 4.74 Å². The molecule has 0 aliphatic heterocycles. The van der Waals surface area contributed by atoms with Crippen LogP contribution in [0.3, 0.4) is 0 Å². The average Bonchev–Trinajstić information content (AvgIpc) is 2.30. The lowest BCUT2D eigenvalue weighted by Crippen LogP contribution is -2.28. The van der Waals surface area contributed by atoms with Gasteiger partial charge < -0.3 is 10.1 Å². The van der Waals surface area contributed by atoms with E-state index in [0.29, 0.717) is 12.1 Å². The zero-order valence-electron chi connectivity index (χ0n) is 10.3. The first kappa shape index (κ1) is 15.3. The smallest absolute Gasteiger partial charge is 0.419 e. The minimum Gasteiger partial charge on any atom is -0.464 e. The van der Waals surface area contributed by atoms with E-state index < -0.39 is 29.6 Å². The fourth-order valence-corrected chi connectivity index (χ4v) is 1.41. The van der Waals surface area contributed by atoms with Gasteiger partial charge in [-0.15, -0.1) is 0 Å². The van der Waals surface area contributed by atoms with Crippen LogP contribution in [0.4, 0.5) is 23.2 Å². The molecule has 1 unspecified atom stereocenters. The van der Waals surface area contributed by atoms with Crippen molar-refractivity contribution in [2.45, 2.75) is 26.1 Å². The van der Waals surface area contributed by atoms with E-state index in [1.54, 1.807) is 6.92 Å². The van der Waals surface area contributed by atoms with E-state index in [9.17, 15) is 22.4 Å². The first-order chi connectivity index (χ1) is 8.75. The largest absolute Gasteiger partial charge is 0.464 e. The van der Waals surface area contributed by atoms with Gasteiger partial charge in [0.1, 0.15) is 11.9 Å². The molecule has 7 heteroatoms. The van der Waals surface area contributed by atoms with Crippen LogP contribution in [-0.4, -0.2) is 18.6 Å². The lowest BCUT2D eigenvalue weighted by molar-refractivity contribution is -0.143. The molecule has 0 aliphatic carbocycles. The van der Waals surface area contributed by atoms with Crippen LogP contribution in [0.15, 0.2) is 18.2 Å². The number of carbonyl (C=O) groups excluding carboxylic acids is 1. The molecule has 106 valence electrons. The van der Waals surface area contributed by atoms with Gasteiger partial charge in [-0.1, -0.05) is 0 Å². The molecule has 19 heavy (non-hydrogen) atoms. The number of benzene rings is 1. The first-order valence-corrected chi connectivity index (χ1v) is 5.55. The molecule has 0 bridgehead atoms. The molecular weight excluding hydrogens is 266 g/mol. The number of rotatable bonds is 4. The molecule has 0 saturated heterocycles. The fourth-order valence-electron chi connectivity index (χ4n) is 1.41. The highest BCUT2D eigenvalue weighted by Crippen LogP contribution is 2.33. The number of halogens is 4. The first-order valence-electron chi connectivity index (χ1n) is 5.55. The number of anilines is 1. The summed E-state index contributed by atoms with van der Waals surface area (Å²) in [6, 6.07) is 1.61. The van der Waals surface area contributed by atoms with E-state index in [0.717, 1.165) is 6.07 Å². The molecular formula is C12H13F4NO2. The molecule has 1 rings (SSSR count). The monoisotopic (exact) mass is 279 g/mol. The summed E-state index contributed by atoms with van der Waals surface area (Å²) in [6.45, 7) is 3.22. The van der Waals surface area contributed by atoms with Gasteiger partial charge in [-0.3, -0.25) is 0 Å². The van der Waals surface area contributed by atoms with Crippen LogP contribution in [0.2, 0.25) is 0 Å². The van der Waals surface area contributed by atoms with Gasteiger partial charge in [-0.25, -0.2) is 9.18 Å². The van der Waals surface area contributed by atoms with Crippen LogP contribution in [0.1, 0.15) is 19.4 Å². The third-order valence-electron chi connectivity index (χ3n) is 2.30. The number of hydrogen-bond donors (Lipinski definition) is 1. The molecule has 0 spiro atoms. The van der Waals surface area contributed by atoms with Crippen molar-refractivity contribution in [1.29, 1.82) is 0 Å². The van der Waals surface area contributed by atoms with Crippen molar-refractivity contribution in [3.63, 3.8) is 0 Å². The molecule has 1 aromatic carbocycles. The van der Waals surface area contributed by atoms with Gasteiger partial charge in [-0.2, -0.15) is 13.2 Å². The van der Waals surface area contributed by atoms with Crippen molar-refractivity contribution in [1.82, 2.24) is 0 Å². The Labute approximate surface area is 107 Å². The van der Waals surface area contributed by atoms with E-state index >= 15 is 0 Å². The van der Waals surface area contributed by atoms with Crippen molar-refractivity contribution in [2.24, 2.45) is 0 Å². The Bertz CT molecular complexity index is 460. The highest BCUT2D eigenvalue weighted by atomic mass is 19.4. The van der Waals surface area contributed by atoms with Crippen molar-refractivity contribution in [3.8, 4) is 0 Å². The number of carbonyl (C=O) groups is 1. The Morgan fingerprint density at radius 1 is 1.42 bits per heavy atom. The van der Waals surface area contributed by atoms with E-state index in [-0.39, 0.29) is 12.3 Å². The topological polar surface area (TPSA) is 38.3 Å². The average molecular weight is 279 g/mol. The van der Waals surface area contributed by atoms with E-state index in [1.807, 2.05) is 0 Å². The second kappa shape index (κ2) is 5.90. The number of esters is 1.